The highest BCUT2D eigenvalue weighted by atomic mass is 32.2. The van der Waals surface area contributed by atoms with Gasteiger partial charge in [0.25, 0.3) is 0 Å². The van der Waals surface area contributed by atoms with Gasteiger partial charge in [0.1, 0.15) is 11.1 Å². The zero-order valence-corrected chi connectivity index (χ0v) is 17.2. The maximum atomic E-state index is 13.5. The van der Waals surface area contributed by atoms with Crippen molar-refractivity contribution in [1.82, 2.24) is 0 Å². The number of sulfone groups is 1. The van der Waals surface area contributed by atoms with Crippen LogP contribution in [0.5, 0.6) is 5.75 Å². The van der Waals surface area contributed by atoms with Crippen molar-refractivity contribution < 1.29 is 18.6 Å². The highest BCUT2D eigenvalue weighted by Crippen LogP contribution is 2.51. The molecule has 5 nitrogen and oxygen atoms in total. The molecular formula is C22H29NO4S. The van der Waals surface area contributed by atoms with E-state index in [4.69, 9.17) is 5.73 Å². The molecular weight excluding hydrogens is 374 g/mol. The fourth-order valence-electron chi connectivity index (χ4n) is 4.56. The first kappa shape index (κ1) is 20.8. The van der Waals surface area contributed by atoms with Gasteiger partial charge in [0.05, 0.1) is 11.0 Å². The van der Waals surface area contributed by atoms with Crippen LogP contribution in [0.1, 0.15) is 56.6 Å². The van der Waals surface area contributed by atoms with Crippen molar-refractivity contribution in [2.75, 3.05) is 0 Å². The van der Waals surface area contributed by atoms with E-state index in [0.717, 1.165) is 18.4 Å². The lowest BCUT2D eigenvalue weighted by Gasteiger charge is -2.42. The van der Waals surface area contributed by atoms with E-state index in [1.807, 2.05) is 44.2 Å². The first-order chi connectivity index (χ1) is 13.3. The van der Waals surface area contributed by atoms with Crippen molar-refractivity contribution in [2.45, 2.75) is 61.8 Å². The Morgan fingerprint density at radius 3 is 2.39 bits per heavy atom. The van der Waals surface area contributed by atoms with Gasteiger partial charge in [-0.2, -0.15) is 0 Å². The lowest BCUT2D eigenvalue weighted by atomic mass is 9.68. The number of unbranched alkanes of at least 4 members (excludes halogenated alkanes) is 1. The fraction of sp³-hybridized carbons (Fsp3) is 0.455. The van der Waals surface area contributed by atoms with Crippen LogP contribution >= 0.6 is 0 Å². The van der Waals surface area contributed by atoms with Gasteiger partial charge in [0, 0.05) is 11.3 Å². The average Bonchev–Trinajstić information content (AvgIpc) is 2.73. The van der Waals surface area contributed by atoms with E-state index >= 15 is 0 Å². The summed E-state index contributed by atoms with van der Waals surface area (Å²) >= 11 is 0. The number of aromatic hydroxyl groups is 1. The van der Waals surface area contributed by atoms with Gasteiger partial charge in [0.2, 0.25) is 0 Å². The van der Waals surface area contributed by atoms with Crippen LogP contribution < -0.4 is 5.73 Å². The molecule has 0 spiro atoms. The summed E-state index contributed by atoms with van der Waals surface area (Å²) in [5.74, 6) is -0.628. The minimum atomic E-state index is -3.89. The third-order valence-electron chi connectivity index (χ3n) is 6.25. The molecule has 4 atom stereocenters. The smallest absolute Gasteiger partial charge is 0.194 e. The first-order valence-electron chi connectivity index (χ1n) is 9.85. The topological polar surface area (TPSA) is 101 Å². The van der Waals surface area contributed by atoms with Crippen molar-refractivity contribution in [2.24, 2.45) is 11.1 Å². The molecule has 0 fully saturated rings. The first-order valence-corrected chi connectivity index (χ1v) is 11.4. The Hall–Kier alpha value is -1.89. The number of aliphatic hydroxyl groups is 1. The van der Waals surface area contributed by atoms with Crippen LogP contribution in [-0.2, 0) is 9.84 Å². The predicted octanol–water partition coefficient (Wildman–Crippen LogP) is 3.54. The van der Waals surface area contributed by atoms with Crippen molar-refractivity contribution in [3.63, 3.8) is 0 Å². The van der Waals surface area contributed by atoms with Crippen LogP contribution in [0.15, 0.2) is 53.4 Å². The van der Waals surface area contributed by atoms with Crippen LogP contribution in [0.2, 0.25) is 0 Å². The van der Waals surface area contributed by atoms with Gasteiger partial charge < -0.3 is 15.9 Å². The Morgan fingerprint density at radius 1 is 1.11 bits per heavy atom. The Labute approximate surface area is 167 Å². The van der Waals surface area contributed by atoms with Crippen molar-refractivity contribution >= 4 is 9.84 Å². The summed E-state index contributed by atoms with van der Waals surface area (Å²) in [6, 6.07) is 13.6. The quantitative estimate of drug-likeness (QED) is 0.709. The zero-order valence-electron chi connectivity index (χ0n) is 16.4. The second-order valence-electron chi connectivity index (χ2n) is 7.71. The highest BCUT2D eigenvalue weighted by molar-refractivity contribution is 7.92. The van der Waals surface area contributed by atoms with Gasteiger partial charge in [-0.1, -0.05) is 57.0 Å². The molecule has 1 aliphatic heterocycles. The molecule has 0 aliphatic carbocycles. The third kappa shape index (κ3) is 3.23. The van der Waals surface area contributed by atoms with Crippen molar-refractivity contribution in [3.05, 3.63) is 59.7 Å². The molecule has 152 valence electrons. The number of benzene rings is 2. The van der Waals surface area contributed by atoms with Crippen LogP contribution in [0.25, 0.3) is 0 Å². The summed E-state index contributed by atoms with van der Waals surface area (Å²) in [5, 5.41) is 20.5. The van der Waals surface area contributed by atoms with Crippen molar-refractivity contribution in [3.8, 4) is 5.75 Å². The normalized spacial score (nSPS) is 29.1. The fourth-order valence-corrected chi connectivity index (χ4v) is 6.65. The molecule has 0 aromatic heterocycles. The number of hydrogen-bond acceptors (Lipinski definition) is 5. The lowest BCUT2D eigenvalue weighted by molar-refractivity contribution is -0.000310. The molecule has 6 heteroatoms. The minimum absolute atomic E-state index is 0.0341. The van der Waals surface area contributed by atoms with Gasteiger partial charge in [0.15, 0.2) is 9.84 Å². The van der Waals surface area contributed by atoms with E-state index in [2.05, 4.69) is 0 Å². The molecule has 1 aliphatic rings. The minimum Gasteiger partial charge on any atom is -0.508 e. The maximum absolute atomic E-state index is 13.5. The van der Waals surface area contributed by atoms with Crippen LogP contribution in [0.4, 0.5) is 0 Å². The zero-order chi connectivity index (χ0) is 20.5. The average molecular weight is 404 g/mol. The molecule has 0 saturated heterocycles. The van der Waals surface area contributed by atoms with Crippen LogP contribution in [0, 0.1) is 5.41 Å². The number of aliphatic hydroxyl groups excluding tert-OH is 1. The number of phenols is 1. The third-order valence-corrected chi connectivity index (χ3v) is 8.38. The van der Waals surface area contributed by atoms with Crippen LogP contribution in [0.3, 0.4) is 0 Å². The number of phenolic OH excluding ortho intramolecular Hbond substituents is 1. The molecule has 2 aromatic rings. The second-order valence-corrected chi connectivity index (χ2v) is 9.75. The number of nitrogens with two attached hydrogens (primary N) is 1. The van der Waals surface area contributed by atoms with Crippen LogP contribution in [-0.4, -0.2) is 30.1 Å². The van der Waals surface area contributed by atoms with E-state index in [0.29, 0.717) is 18.4 Å². The molecule has 0 radical (unpaired) electrons. The van der Waals surface area contributed by atoms with E-state index in [1.54, 1.807) is 0 Å². The standard InChI is InChI=1S/C22H29NO4S/c1-3-5-13-22(4-2)20(25)19(15-9-7-6-8-10-15)17-14-16(24)11-12-18(17)28(26,27)21(22)23/h6-12,14,19-21,24-25H,3-5,13,23H2,1-2H3. The van der Waals surface area contributed by atoms with E-state index in [1.165, 1.54) is 18.2 Å². The monoisotopic (exact) mass is 403 g/mol. The van der Waals surface area contributed by atoms with E-state index in [-0.39, 0.29) is 10.6 Å². The summed E-state index contributed by atoms with van der Waals surface area (Å²) in [4.78, 5) is 0.0949. The molecule has 4 unspecified atom stereocenters. The molecule has 0 bridgehead atoms. The summed E-state index contributed by atoms with van der Waals surface area (Å²) in [7, 11) is -3.89. The van der Waals surface area contributed by atoms with Gasteiger partial charge in [-0.25, -0.2) is 8.42 Å². The molecule has 0 saturated carbocycles. The Kier molecular flexibility index (Phi) is 5.84. The summed E-state index contributed by atoms with van der Waals surface area (Å²) in [6.07, 6.45) is 1.62. The van der Waals surface area contributed by atoms with E-state index < -0.39 is 32.6 Å². The maximum Gasteiger partial charge on any atom is 0.194 e. The van der Waals surface area contributed by atoms with Gasteiger partial charge in [-0.15, -0.1) is 0 Å². The van der Waals surface area contributed by atoms with Gasteiger partial charge in [-0.3, -0.25) is 0 Å². The molecule has 1 heterocycles. The summed E-state index contributed by atoms with van der Waals surface area (Å²) < 4.78 is 27.0. The van der Waals surface area contributed by atoms with Gasteiger partial charge in [-0.05, 0) is 42.2 Å². The summed E-state index contributed by atoms with van der Waals surface area (Å²) in [6.45, 7) is 3.93. The van der Waals surface area contributed by atoms with Gasteiger partial charge >= 0.3 is 0 Å². The van der Waals surface area contributed by atoms with E-state index in [9.17, 15) is 18.6 Å². The predicted molar refractivity (Wildman–Crippen MR) is 110 cm³/mol. The largest absolute Gasteiger partial charge is 0.508 e. The second kappa shape index (κ2) is 7.85. The molecule has 28 heavy (non-hydrogen) atoms. The SMILES string of the molecule is CCCCC1(CC)C(O)C(c2ccccc2)c2cc(O)ccc2S(=O)(=O)C1N. The summed E-state index contributed by atoms with van der Waals surface area (Å²) in [5.41, 5.74) is 6.64. The number of rotatable bonds is 5. The lowest BCUT2D eigenvalue weighted by Crippen LogP contribution is -2.53. The number of fused-ring (bicyclic) bond motifs is 1. The van der Waals surface area contributed by atoms with Crippen molar-refractivity contribution in [1.29, 1.82) is 0 Å². The number of hydrogen-bond donors (Lipinski definition) is 3. The molecule has 3 rings (SSSR count). The molecule has 4 N–H and O–H groups in total. The molecule has 0 amide bonds. The Morgan fingerprint density at radius 2 is 1.79 bits per heavy atom. The Balaban J connectivity index is 2.35. The highest BCUT2D eigenvalue weighted by Gasteiger charge is 2.54. The molecule has 2 aromatic carbocycles. The Bertz CT molecular complexity index is 929.